The normalized spacial score (nSPS) is 23.6. The van der Waals surface area contributed by atoms with E-state index in [4.69, 9.17) is 0 Å². The lowest BCUT2D eigenvalue weighted by Crippen LogP contribution is -2.34. The van der Waals surface area contributed by atoms with Gasteiger partial charge in [0.25, 0.3) is 0 Å². The third-order valence-electron chi connectivity index (χ3n) is 3.11. The van der Waals surface area contributed by atoms with Crippen LogP contribution in [-0.2, 0) is 10.8 Å². The lowest BCUT2D eigenvalue weighted by Gasteiger charge is -2.19. The summed E-state index contributed by atoms with van der Waals surface area (Å²) in [4.78, 5) is 4.55. The zero-order valence-corrected chi connectivity index (χ0v) is 12.9. The Morgan fingerprint density at radius 2 is 2.18 bits per heavy atom. The fraction of sp³-hybridized carbons (Fsp3) is 0.917. The summed E-state index contributed by atoms with van der Waals surface area (Å²) in [5.41, 5.74) is 0. The quantitative estimate of drug-likeness (QED) is 0.809. The van der Waals surface area contributed by atoms with E-state index in [1.165, 1.54) is 12.8 Å². The van der Waals surface area contributed by atoms with E-state index >= 15 is 0 Å². The molecule has 1 heterocycles. The van der Waals surface area contributed by atoms with Gasteiger partial charge in [-0.05, 0) is 12.8 Å². The van der Waals surface area contributed by atoms with E-state index in [2.05, 4.69) is 31.1 Å². The summed E-state index contributed by atoms with van der Waals surface area (Å²) in [5, 5.41) is 5.04. The van der Waals surface area contributed by atoms with Gasteiger partial charge in [-0.3, -0.25) is 9.20 Å². The van der Waals surface area contributed by atoms with Crippen molar-refractivity contribution in [2.45, 2.75) is 44.9 Å². The number of hydrogen-bond acceptors (Lipinski definition) is 4. The van der Waals surface area contributed by atoms with Gasteiger partial charge in [-0.25, -0.2) is 0 Å². The molecule has 1 N–H and O–H groups in total. The molecule has 1 aliphatic heterocycles. The molecule has 5 heteroatoms. The molecule has 0 bridgehead atoms. The van der Waals surface area contributed by atoms with Gasteiger partial charge in [-0.2, -0.15) is 0 Å². The van der Waals surface area contributed by atoms with Gasteiger partial charge >= 0.3 is 0 Å². The number of amidine groups is 1. The fourth-order valence-corrected chi connectivity index (χ4v) is 4.35. The zero-order valence-electron chi connectivity index (χ0n) is 11.2. The highest BCUT2D eigenvalue weighted by Crippen LogP contribution is 2.30. The first-order valence-electron chi connectivity index (χ1n) is 6.34. The molecule has 0 aromatic rings. The van der Waals surface area contributed by atoms with Gasteiger partial charge in [-0.1, -0.05) is 38.5 Å². The van der Waals surface area contributed by atoms with Crippen LogP contribution in [0.3, 0.4) is 0 Å². The van der Waals surface area contributed by atoms with Crippen LogP contribution in [0.2, 0.25) is 0 Å². The van der Waals surface area contributed by atoms with E-state index in [1.54, 1.807) is 6.26 Å². The molecule has 0 amide bonds. The van der Waals surface area contributed by atoms with Gasteiger partial charge in [0.2, 0.25) is 0 Å². The summed E-state index contributed by atoms with van der Waals surface area (Å²) >= 11 is 1.86. The third-order valence-corrected chi connectivity index (χ3v) is 5.38. The maximum atomic E-state index is 11.1. The molecule has 0 aromatic heterocycles. The first kappa shape index (κ1) is 15.0. The van der Waals surface area contributed by atoms with Crippen LogP contribution in [0.4, 0.5) is 0 Å². The second-order valence-electron chi connectivity index (χ2n) is 4.66. The van der Waals surface area contributed by atoms with Crippen molar-refractivity contribution in [3.05, 3.63) is 0 Å². The largest absolute Gasteiger partial charge is 0.362 e. The van der Waals surface area contributed by atoms with E-state index in [1.807, 2.05) is 11.8 Å². The van der Waals surface area contributed by atoms with E-state index in [0.717, 1.165) is 17.6 Å². The summed E-state index contributed by atoms with van der Waals surface area (Å²) in [6.45, 7) is 7.50. The Labute approximate surface area is 112 Å². The van der Waals surface area contributed by atoms with Crippen LogP contribution < -0.4 is 5.32 Å². The van der Waals surface area contributed by atoms with Crippen LogP contribution in [0.25, 0.3) is 0 Å². The average Bonchev–Trinajstić information content (AvgIpc) is 2.67. The van der Waals surface area contributed by atoms with E-state index in [-0.39, 0.29) is 6.04 Å². The van der Waals surface area contributed by atoms with Gasteiger partial charge in [0, 0.05) is 34.1 Å². The van der Waals surface area contributed by atoms with Crippen molar-refractivity contribution in [1.82, 2.24) is 5.32 Å². The Morgan fingerprint density at radius 1 is 1.53 bits per heavy atom. The fourth-order valence-electron chi connectivity index (χ4n) is 2.13. The van der Waals surface area contributed by atoms with Gasteiger partial charge in [0.1, 0.15) is 0 Å². The van der Waals surface area contributed by atoms with Crippen molar-refractivity contribution in [3.8, 4) is 0 Å². The molecule has 17 heavy (non-hydrogen) atoms. The number of thioether (sulfide) groups is 1. The van der Waals surface area contributed by atoms with Crippen molar-refractivity contribution in [2.24, 2.45) is 10.9 Å². The molecule has 0 saturated heterocycles. The smallest absolute Gasteiger partial charge is 0.157 e. The maximum absolute atomic E-state index is 11.1. The maximum Gasteiger partial charge on any atom is 0.157 e. The number of hydrogen-bond donors (Lipinski definition) is 1. The summed E-state index contributed by atoms with van der Waals surface area (Å²) in [7, 11) is -0.743. The molecule has 1 rings (SSSR count). The lowest BCUT2D eigenvalue weighted by molar-refractivity contribution is 0.479. The Hall–Kier alpha value is -0.0300. The highest BCUT2D eigenvalue weighted by atomic mass is 32.2. The van der Waals surface area contributed by atoms with E-state index < -0.39 is 10.8 Å². The van der Waals surface area contributed by atoms with Gasteiger partial charge in [0.05, 0.1) is 6.54 Å². The molecule has 3 unspecified atom stereocenters. The number of nitrogens with zero attached hydrogens (tertiary/aromatic N) is 1. The predicted molar refractivity (Wildman–Crippen MR) is 79.3 cm³/mol. The summed E-state index contributed by atoms with van der Waals surface area (Å²) in [5.74, 6) is 1.45. The number of aliphatic imine (C=N–C) groups is 1. The van der Waals surface area contributed by atoms with E-state index in [9.17, 15) is 4.21 Å². The Bertz CT molecular complexity index is 290. The predicted octanol–water partition coefficient (Wildman–Crippen LogP) is 2.25. The minimum Gasteiger partial charge on any atom is -0.362 e. The van der Waals surface area contributed by atoms with Crippen molar-refractivity contribution in [1.29, 1.82) is 0 Å². The monoisotopic (exact) mass is 276 g/mol. The molecule has 1 aliphatic rings. The second kappa shape index (κ2) is 7.41. The first-order valence-corrected chi connectivity index (χ1v) is 8.95. The minimum absolute atomic E-state index is 0.243. The van der Waals surface area contributed by atoms with Crippen LogP contribution in [0, 0.1) is 5.92 Å². The molecule has 0 saturated carbocycles. The SMILES string of the molecule is CCC(CC)C1CN=C(NC(C)CS(C)=O)S1. The minimum atomic E-state index is -0.743. The zero-order chi connectivity index (χ0) is 12.8. The molecule has 3 atom stereocenters. The van der Waals surface area contributed by atoms with Crippen LogP contribution in [0.1, 0.15) is 33.6 Å². The molecule has 3 nitrogen and oxygen atoms in total. The molecule has 0 aliphatic carbocycles. The highest BCUT2D eigenvalue weighted by Gasteiger charge is 2.26. The van der Waals surface area contributed by atoms with Crippen molar-refractivity contribution >= 4 is 27.7 Å². The van der Waals surface area contributed by atoms with Gasteiger partial charge in [-0.15, -0.1) is 0 Å². The highest BCUT2D eigenvalue weighted by molar-refractivity contribution is 8.14. The third kappa shape index (κ3) is 5.00. The van der Waals surface area contributed by atoms with Crippen LogP contribution in [0.15, 0.2) is 4.99 Å². The Kier molecular flexibility index (Phi) is 6.55. The first-order chi connectivity index (χ1) is 8.06. The molecular formula is C12H24N2OS2. The summed E-state index contributed by atoms with van der Waals surface area (Å²) in [6, 6.07) is 0.243. The molecule has 0 fully saturated rings. The molecule has 0 spiro atoms. The Morgan fingerprint density at radius 3 is 2.71 bits per heavy atom. The number of rotatable bonds is 6. The van der Waals surface area contributed by atoms with E-state index in [0.29, 0.717) is 11.0 Å². The summed E-state index contributed by atoms with van der Waals surface area (Å²) < 4.78 is 11.1. The topological polar surface area (TPSA) is 41.5 Å². The van der Waals surface area contributed by atoms with Crippen molar-refractivity contribution in [3.63, 3.8) is 0 Å². The molecular weight excluding hydrogens is 252 g/mol. The van der Waals surface area contributed by atoms with Crippen molar-refractivity contribution in [2.75, 3.05) is 18.6 Å². The van der Waals surface area contributed by atoms with Crippen LogP contribution in [0.5, 0.6) is 0 Å². The van der Waals surface area contributed by atoms with Gasteiger partial charge < -0.3 is 5.32 Å². The lowest BCUT2D eigenvalue weighted by atomic mass is 9.99. The van der Waals surface area contributed by atoms with Crippen LogP contribution in [-0.4, -0.2) is 39.2 Å². The number of nitrogens with one attached hydrogen (secondary N) is 1. The summed E-state index contributed by atoms with van der Waals surface area (Å²) in [6.07, 6.45) is 4.20. The molecule has 0 radical (unpaired) electrons. The average molecular weight is 276 g/mol. The standard InChI is InChI=1S/C12H24N2OS2/c1-5-10(6-2)11-7-13-12(16-11)14-9(3)8-17(4)15/h9-11H,5-8H2,1-4H3,(H,13,14). The second-order valence-corrected chi connectivity index (χ2v) is 7.37. The molecule has 0 aromatic carbocycles. The van der Waals surface area contributed by atoms with Crippen LogP contribution >= 0.6 is 11.8 Å². The van der Waals surface area contributed by atoms with Gasteiger partial charge in [0.15, 0.2) is 5.17 Å². The Balaban J connectivity index is 2.36. The van der Waals surface area contributed by atoms with Crippen molar-refractivity contribution < 1.29 is 4.21 Å². The molecule has 100 valence electrons.